The first-order valence-electron chi connectivity index (χ1n) is 9.29. The van der Waals surface area contributed by atoms with Gasteiger partial charge in [0.05, 0.1) is 29.6 Å². The molecular weight excluding hydrogens is 474 g/mol. The van der Waals surface area contributed by atoms with Gasteiger partial charge < -0.3 is 15.0 Å². The molecule has 1 aromatic heterocycles. The van der Waals surface area contributed by atoms with E-state index in [4.69, 9.17) is 16.3 Å². The highest BCUT2D eigenvalue weighted by molar-refractivity contribution is 7.99. The standard InChI is InChI=1S/C21H20ClN3O5S2/c1-12-4-7-17(30-3)16(8-12)24-19(26)11-31-21-23-10-18(20(27)25-21)32(28,29)14-6-5-13(2)15(22)9-14/h4-10H,11H2,1-3H3,(H,24,26)(H,23,25,27). The van der Waals surface area contributed by atoms with Crippen molar-refractivity contribution in [2.24, 2.45) is 0 Å². The topological polar surface area (TPSA) is 118 Å². The molecule has 0 atom stereocenters. The minimum absolute atomic E-state index is 0.0559. The van der Waals surface area contributed by atoms with E-state index < -0.39 is 20.3 Å². The van der Waals surface area contributed by atoms with Gasteiger partial charge in [-0.1, -0.05) is 35.5 Å². The molecule has 0 fully saturated rings. The average Bonchev–Trinajstić information content (AvgIpc) is 2.74. The van der Waals surface area contributed by atoms with Crippen LogP contribution in [0, 0.1) is 13.8 Å². The van der Waals surface area contributed by atoms with Crippen LogP contribution in [-0.2, 0) is 14.6 Å². The van der Waals surface area contributed by atoms with Crippen molar-refractivity contribution in [2.75, 3.05) is 18.2 Å². The van der Waals surface area contributed by atoms with E-state index in [1.807, 2.05) is 13.0 Å². The molecule has 0 aliphatic rings. The zero-order valence-corrected chi connectivity index (χ0v) is 19.8. The van der Waals surface area contributed by atoms with Crippen molar-refractivity contribution < 1.29 is 17.9 Å². The summed E-state index contributed by atoms with van der Waals surface area (Å²) in [4.78, 5) is 30.5. The first-order chi connectivity index (χ1) is 15.1. The van der Waals surface area contributed by atoms with Gasteiger partial charge in [0.15, 0.2) is 10.1 Å². The van der Waals surface area contributed by atoms with Crippen LogP contribution in [0.1, 0.15) is 11.1 Å². The summed E-state index contributed by atoms with van der Waals surface area (Å²) in [6.07, 6.45) is 0.978. The van der Waals surface area contributed by atoms with E-state index in [0.717, 1.165) is 23.5 Å². The molecule has 0 aliphatic heterocycles. The third-order valence-corrected chi connectivity index (χ3v) is 7.49. The smallest absolute Gasteiger partial charge is 0.270 e. The molecule has 2 aromatic carbocycles. The molecule has 0 spiro atoms. The van der Waals surface area contributed by atoms with Crippen LogP contribution < -0.4 is 15.6 Å². The Kier molecular flexibility index (Phi) is 7.27. The summed E-state index contributed by atoms with van der Waals surface area (Å²) in [6.45, 7) is 3.63. The van der Waals surface area contributed by atoms with Gasteiger partial charge in [-0.15, -0.1) is 0 Å². The number of aromatic nitrogens is 2. The van der Waals surface area contributed by atoms with Crippen molar-refractivity contribution in [1.82, 2.24) is 9.97 Å². The summed E-state index contributed by atoms with van der Waals surface area (Å²) < 4.78 is 30.8. The molecular formula is C21H20ClN3O5S2. The fourth-order valence-corrected chi connectivity index (χ4v) is 4.88. The van der Waals surface area contributed by atoms with Gasteiger partial charge in [-0.25, -0.2) is 13.4 Å². The van der Waals surface area contributed by atoms with E-state index in [0.29, 0.717) is 17.0 Å². The maximum Gasteiger partial charge on any atom is 0.270 e. The number of nitrogens with one attached hydrogen (secondary N) is 2. The molecule has 11 heteroatoms. The van der Waals surface area contributed by atoms with Gasteiger partial charge in [-0.3, -0.25) is 9.59 Å². The third kappa shape index (κ3) is 5.32. The number of hydrogen-bond acceptors (Lipinski definition) is 7. The quantitative estimate of drug-likeness (QED) is 0.381. The Morgan fingerprint density at radius 1 is 1.22 bits per heavy atom. The minimum atomic E-state index is -4.10. The molecule has 1 amide bonds. The number of carbonyl (C=O) groups is 1. The Morgan fingerprint density at radius 2 is 1.97 bits per heavy atom. The minimum Gasteiger partial charge on any atom is -0.495 e. The van der Waals surface area contributed by atoms with E-state index in [9.17, 15) is 18.0 Å². The van der Waals surface area contributed by atoms with Crippen LogP contribution in [0.25, 0.3) is 0 Å². The van der Waals surface area contributed by atoms with Crippen LogP contribution in [-0.4, -0.2) is 37.2 Å². The van der Waals surface area contributed by atoms with E-state index in [2.05, 4.69) is 15.3 Å². The fourth-order valence-electron chi connectivity index (χ4n) is 2.74. The number of ether oxygens (including phenoxy) is 1. The highest BCUT2D eigenvalue weighted by Crippen LogP contribution is 2.26. The number of sulfone groups is 1. The third-order valence-electron chi connectivity index (χ3n) is 4.46. The predicted octanol–water partition coefficient (Wildman–Crippen LogP) is 3.61. The number of benzene rings is 2. The molecule has 0 saturated heterocycles. The summed E-state index contributed by atoms with van der Waals surface area (Å²) in [5.41, 5.74) is 1.36. The molecule has 8 nitrogen and oxygen atoms in total. The molecule has 0 bridgehead atoms. The number of aromatic amines is 1. The van der Waals surface area contributed by atoms with Gasteiger partial charge in [-0.05, 0) is 49.2 Å². The zero-order chi connectivity index (χ0) is 23.5. The molecule has 0 saturated carbocycles. The van der Waals surface area contributed by atoms with Gasteiger partial charge in [0.25, 0.3) is 5.56 Å². The summed E-state index contributed by atoms with van der Waals surface area (Å²) in [6, 6.07) is 9.61. The molecule has 0 unspecified atom stereocenters. The highest BCUT2D eigenvalue weighted by Gasteiger charge is 2.23. The zero-order valence-electron chi connectivity index (χ0n) is 17.4. The Morgan fingerprint density at radius 3 is 2.62 bits per heavy atom. The average molecular weight is 494 g/mol. The number of H-pyrrole nitrogens is 1. The number of nitrogens with zero attached hydrogens (tertiary/aromatic N) is 1. The Balaban J connectivity index is 1.73. The van der Waals surface area contributed by atoms with Crippen LogP contribution in [0.2, 0.25) is 5.02 Å². The van der Waals surface area contributed by atoms with Gasteiger partial charge in [0, 0.05) is 5.02 Å². The van der Waals surface area contributed by atoms with E-state index in [-0.39, 0.29) is 26.7 Å². The summed E-state index contributed by atoms with van der Waals surface area (Å²) in [5.74, 6) is 0.124. The SMILES string of the molecule is COc1ccc(C)cc1NC(=O)CSc1ncc(S(=O)(=O)c2ccc(C)c(Cl)c2)c(=O)[nH]1. The Bertz CT molecular complexity index is 1340. The number of rotatable bonds is 7. The number of carbonyl (C=O) groups excluding carboxylic acids is 1. The number of hydrogen-bond donors (Lipinski definition) is 2. The second-order valence-corrected chi connectivity index (χ2v) is 10.1. The largest absolute Gasteiger partial charge is 0.495 e. The number of methoxy groups -OCH3 is 1. The number of aryl methyl sites for hydroxylation is 2. The number of anilines is 1. The van der Waals surface area contributed by atoms with Crippen molar-refractivity contribution >= 4 is 44.8 Å². The lowest BCUT2D eigenvalue weighted by atomic mass is 10.2. The number of thioether (sulfide) groups is 1. The fraction of sp³-hybridized carbons (Fsp3) is 0.190. The molecule has 3 rings (SSSR count). The predicted molar refractivity (Wildman–Crippen MR) is 124 cm³/mol. The number of halogens is 1. The molecule has 0 radical (unpaired) electrons. The van der Waals surface area contributed by atoms with Gasteiger partial charge >= 0.3 is 0 Å². The lowest BCUT2D eigenvalue weighted by Crippen LogP contribution is -2.20. The van der Waals surface area contributed by atoms with Crippen LogP contribution in [0.15, 0.2) is 62.3 Å². The lowest BCUT2D eigenvalue weighted by molar-refractivity contribution is -0.113. The number of amides is 1. The van der Waals surface area contributed by atoms with Gasteiger partial charge in [0.1, 0.15) is 5.75 Å². The van der Waals surface area contributed by atoms with Crippen molar-refractivity contribution in [1.29, 1.82) is 0 Å². The molecule has 32 heavy (non-hydrogen) atoms. The first kappa shape index (κ1) is 23.8. The van der Waals surface area contributed by atoms with E-state index >= 15 is 0 Å². The monoisotopic (exact) mass is 493 g/mol. The molecule has 0 aliphatic carbocycles. The van der Waals surface area contributed by atoms with E-state index in [1.165, 1.54) is 19.2 Å². The maximum absolute atomic E-state index is 12.8. The van der Waals surface area contributed by atoms with Gasteiger partial charge in [0.2, 0.25) is 15.7 Å². The molecule has 2 N–H and O–H groups in total. The van der Waals surface area contributed by atoms with Gasteiger partial charge in [-0.2, -0.15) is 0 Å². The van der Waals surface area contributed by atoms with Crippen molar-refractivity contribution in [3.8, 4) is 5.75 Å². The second kappa shape index (κ2) is 9.76. The van der Waals surface area contributed by atoms with Crippen LogP contribution in [0.3, 0.4) is 0 Å². The summed E-state index contributed by atoms with van der Waals surface area (Å²) in [5, 5.41) is 3.13. The van der Waals surface area contributed by atoms with Crippen LogP contribution >= 0.6 is 23.4 Å². The summed E-state index contributed by atoms with van der Waals surface area (Å²) >= 11 is 6.98. The molecule has 3 aromatic rings. The summed E-state index contributed by atoms with van der Waals surface area (Å²) in [7, 11) is -2.60. The normalized spacial score (nSPS) is 11.2. The maximum atomic E-state index is 12.8. The van der Waals surface area contributed by atoms with Crippen molar-refractivity contribution in [2.45, 2.75) is 28.8 Å². The second-order valence-electron chi connectivity index (χ2n) is 6.84. The Hall–Kier alpha value is -2.82. The van der Waals surface area contributed by atoms with Crippen LogP contribution in [0.5, 0.6) is 5.75 Å². The lowest BCUT2D eigenvalue weighted by Gasteiger charge is -2.11. The van der Waals surface area contributed by atoms with E-state index in [1.54, 1.807) is 25.1 Å². The molecule has 168 valence electrons. The Labute approximate surface area is 194 Å². The van der Waals surface area contributed by atoms with Crippen LogP contribution in [0.4, 0.5) is 5.69 Å². The molecule has 1 heterocycles. The van der Waals surface area contributed by atoms with Crippen molar-refractivity contribution in [3.63, 3.8) is 0 Å². The first-order valence-corrected chi connectivity index (χ1v) is 12.1. The highest BCUT2D eigenvalue weighted by atomic mass is 35.5. The van der Waals surface area contributed by atoms with Crippen molar-refractivity contribution in [3.05, 3.63) is 69.1 Å².